The fourth-order valence-corrected chi connectivity index (χ4v) is 2.69. The van der Waals surface area contributed by atoms with E-state index in [9.17, 15) is 0 Å². The van der Waals surface area contributed by atoms with E-state index in [0.29, 0.717) is 29.0 Å². The van der Waals surface area contributed by atoms with Gasteiger partial charge >= 0.3 is 0 Å². The molecule has 0 atom stereocenters. The Labute approximate surface area is 135 Å². The van der Waals surface area contributed by atoms with Crippen LogP contribution in [0.15, 0.2) is 30.3 Å². The Morgan fingerprint density at radius 2 is 1.76 bits per heavy atom. The first-order valence-corrected chi connectivity index (χ1v) is 7.58. The van der Waals surface area contributed by atoms with Crippen molar-refractivity contribution in [1.29, 1.82) is 0 Å². The maximum atomic E-state index is 6.05. The van der Waals surface area contributed by atoms with Crippen molar-refractivity contribution < 1.29 is 9.47 Å². The lowest BCUT2D eigenvalue weighted by Gasteiger charge is -2.16. The Bertz CT molecular complexity index is 593. The summed E-state index contributed by atoms with van der Waals surface area (Å²) in [5, 5.41) is 0.585. The molecule has 0 aliphatic carbocycles. The summed E-state index contributed by atoms with van der Waals surface area (Å²) in [4.78, 5) is 0. The molecular weight excluding hydrogens is 307 g/mol. The van der Waals surface area contributed by atoms with E-state index < -0.39 is 0 Å². The Kier molecular flexibility index (Phi) is 5.38. The molecular formula is C17H18Cl2O2. The summed E-state index contributed by atoms with van der Waals surface area (Å²) in [5.41, 5.74) is 4.41. The van der Waals surface area contributed by atoms with Crippen LogP contribution >= 0.6 is 23.2 Å². The topological polar surface area (TPSA) is 18.5 Å². The third-order valence-corrected chi connectivity index (χ3v) is 3.97. The minimum absolute atomic E-state index is 0.318. The Hall–Kier alpha value is -1.38. The van der Waals surface area contributed by atoms with Crippen LogP contribution in [0.3, 0.4) is 0 Å². The quantitative estimate of drug-likeness (QED) is 0.696. The third kappa shape index (κ3) is 3.63. The van der Waals surface area contributed by atoms with Gasteiger partial charge in [0, 0.05) is 16.7 Å². The van der Waals surface area contributed by atoms with Crippen molar-refractivity contribution in [1.82, 2.24) is 0 Å². The molecule has 2 rings (SSSR count). The zero-order chi connectivity index (χ0) is 15.4. The molecule has 0 saturated heterocycles. The minimum atomic E-state index is 0.318. The minimum Gasteiger partial charge on any atom is -0.493 e. The average Bonchev–Trinajstić information content (AvgIpc) is 2.47. The first kappa shape index (κ1) is 16.0. The van der Waals surface area contributed by atoms with Crippen LogP contribution in [-0.2, 0) is 12.5 Å². The lowest BCUT2D eigenvalue weighted by Crippen LogP contribution is -2.03. The van der Waals surface area contributed by atoms with Crippen molar-refractivity contribution >= 4 is 23.2 Å². The van der Waals surface area contributed by atoms with Gasteiger partial charge in [0.15, 0.2) is 11.5 Å². The fraction of sp³-hybridized carbons (Fsp3) is 0.294. The molecule has 0 radical (unpaired) electrons. The van der Waals surface area contributed by atoms with Gasteiger partial charge < -0.3 is 9.47 Å². The van der Waals surface area contributed by atoms with Crippen LogP contribution in [0.5, 0.6) is 11.5 Å². The van der Waals surface area contributed by atoms with Crippen molar-refractivity contribution in [3.63, 3.8) is 0 Å². The number of ether oxygens (including phenoxy) is 2. The van der Waals surface area contributed by atoms with Crippen LogP contribution in [0.4, 0.5) is 0 Å². The molecule has 0 saturated carbocycles. The second-order valence-electron chi connectivity index (χ2n) is 4.89. The van der Waals surface area contributed by atoms with Crippen LogP contribution in [0, 0.1) is 13.8 Å². The SMILES string of the molecule is COc1cc(Cl)cc(CCl)c1OCc1c(C)cccc1C. The first-order chi connectivity index (χ1) is 10.1. The van der Waals surface area contributed by atoms with Crippen molar-refractivity contribution in [2.45, 2.75) is 26.3 Å². The molecule has 21 heavy (non-hydrogen) atoms. The molecule has 0 unspecified atom stereocenters. The van der Waals surface area contributed by atoms with Crippen LogP contribution in [0.25, 0.3) is 0 Å². The molecule has 112 valence electrons. The van der Waals surface area contributed by atoms with Crippen molar-refractivity contribution in [2.75, 3.05) is 7.11 Å². The molecule has 0 aliphatic rings. The summed E-state index contributed by atoms with van der Waals surface area (Å²) in [6.07, 6.45) is 0. The summed E-state index contributed by atoms with van der Waals surface area (Å²) >= 11 is 12.0. The smallest absolute Gasteiger partial charge is 0.166 e. The first-order valence-electron chi connectivity index (χ1n) is 6.67. The van der Waals surface area contributed by atoms with E-state index >= 15 is 0 Å². The monoisotopic (exact) mass is 324 g/mol. The second kappa shape index (κ2) is 7.06. The number of benzene rings is 2. The summed E-state index contributed by atoms with van der Waals surface area (Å²) < 4.78 is 11.3. The van der Waals surface area contributed by atoms with Gasteiger partial charge in [-0.15, -0.1) is 11.6 Å². The predicted octanol–water partition coefficient (Wildman–Crippen LogP) is 5.28. The average molecular weight is 325 g/mol. The normalized spacial score (nSPS) is 10.5. The molecule has 2 nitrogen and oxygen atoms in total. The van der Waals surface area contributed by atoms with Crippen LogP contribution < -0.4 is 9.47 Å². The molecule has 0 amide bonds. The molecule has 0 aromatic heterocycles. The number of rotatable bonds is 5. The Morgan fingerprint density at radius 1 is 1.10 bits per heavy atom. The van der Waals surface area contributed by atoms with E-state index in [0.717, 1.165) is 5.56 Å². The second-order valence-corrected chi connectivity index (χ2v) is 5.59. The maximum absolute atomic E-state index is 6.05. The molecule has 4 heteroatoms. The highest BCUT2D eigenvalue weighted by atomic mass is 35.5. The number of aryl methyl sites for hydroxylation is 2. The maximum Gasteiger partial charge on any atom is 0.166 e. The van der Waals surface area contributed by atoms with Gasteiger partial charge in [-0.3, -0.25) is 0 Å². The molecule has 0 N–H and O–H groups in total. The van der Waals surface area contributed by atoms with Gasteiger partial charge in [-0.05, 0) is 36.6 Å². The molecule has 0 spiro atoms. The standard InChI is InChI=1S/C17H18Cl2O2/c1-11-5-4-6-12(2)15(11)10-21-17-13(9-18)7-14(19)8-16(17)20-3/h4-8H,9-10H2,1-3H3. The molecule has 0 aliphatic heterocycles. The van der Waals surface area contributed by atoms with Crippen LogP contribution in [0.2, 0.25) is 5.02 Å². The molecule has 0 bridgehead atoms. The van der Waals surface area contributed by atoms with Gasteiger partial charge in [-0.2, -0.15) is 0 Å². The summed E-state index contributed by atoms with van der Waals surface area (Å²) in [6, 6.07) is 9.73. The number of alkyl halides is 1. The summed E-state index contributed by atoms with van der Waals surface area (Å²) in [5.74, 6) is 1.57. The highest BCUT2D eigenvalue weighted by Gasteiger charge is 2.13. The largest absolute Gasteiger partial charge is 0.493 e. The van der Waals surface area contributed by atoms with E-state index in [4.69, 9.17) is 32.7 Å². The molecule has 2 aromatic rings. The van der Waals surface area contributed by atoms with E-state index in [1.54, 1.807) is 19.2 Å². The molecule has 0 heterocycles. The summed E-state index contributed by atoms with van der Waals surface area (Å²) in [7, 11) is 1.59. The Balaban J connectivity index is 2.31. The van der Waals surface area contributed by atoms with Crippen LogP contribution in [0.1, 0.15) is 22.3 Å². The van der Waals surface area contributed by atoms with E-state index in [-0.39, 0.29) is 0 Å². The predicted molar refractivity (Wildman–Crippen MR) is 87.8 cm³/mol. The van der Waals surface area contributed by atoms with E-state index in [1.165, 1.54) is 16.7 Å². The van der Waals surface area contributed by atoms with Gasteiger partial charge in [-0.25, -0.2) is 0 Å². The van der Waals surface area contributed by atoms with Gasteiger partial charge in [0.05, 0.1) is 13.0 Å². The lowest BCUT2D eigenvalue weighted by molar-refractivity contribution is 0.281. The van der Waals surface area contributed by atoms with E-state index in [1.807, 2.05) is 6.07 Å². The highest BCUT2D eigenvalue weighted by Crippen LogP contribution is 2.36. The van der Waals surface area contributed by atoms with Crippen molar-refractivity contribution in [3.05, 3.63) is 57.6 Å². The van der Waals surface area contributed by atoms with Gasteiger partial charge in [-0.1, -0.05) is 29.8 Å². The lowest BCUT2D eigenvalue weighted by atomic mass is 10.0. The van der Waals surface area contributed by atoms with Gasteiger partial charge in [0.25, 0.3) is 0 Å². The zero-order valence-electron chi connectivity index (χ0n) is 12.4. The number of methoxy groups -OCH3 is 1. The Morgan fingerprint density at radius 3 is 2.33 bits per heavy atom. The molecule has 0 fully saturated rings. The third-order valence-electron chi connectivity index (χ3n) is 3.47. The van der Waals surface area contributed by atoms with E-state index in [2.05, 4.69) is 26.0 Å². The number of halogens is 2. The van der Waals surface area contributed by atoms with Crippen molar-refractivity contribution in [2.24, 2.45) is 0 Å². The zero-order valence-corrected chi connectivity index (χ0v) is 13.9. The number of hydrogen-bond donors (Lipinski definition) is 0. The number of hydrogen-bond acceptors (Lipinski definition) is 2. The van der Waals surface area contributed by atoms with Crippen molar-refractivity contribution in [3.8, 4) is 11.5 Å². The van der Waals surface area contributed by atoms with Gasteiger partial charge in [0.1, 0.15) is 6.61 Å². The fourth-order valence-electron chi connectivity index (χ4n) is 2.26. The summed E-state index contributed by atoms with van der Waals surface area (Å²) in [6.45, 7) is 4.63. The highest BCUT2D eigenvalue weighted by molar-refractivity contribution is 6.31. The van der Waals surface area contributed by atoms with Gasteiger partial charge in [0.2, 0.25) is 0 Å². The van der Waals surface area contributed by atoms with Crippen LogP contribution in [-0.4, -0.2) is 7.11 Å². The molecule has 2 aromatic carbocycles.